The minimum Gasteiger partial charge on any atom is -0.300 e. The summed E-state index contributed by atoms with van der Waals surface area (Å²) in [5, 5.41) is 2.31. The normalized spacial score (nSPS) is 16.0. The number of hydrogen-bond donors (Lipinski definition) is 0. The van der Waals surface area contributed by atoms with E-state index in [0.29, 0.717) is 13.0 Å². The van der Waals surface area contributed by atoms with Gasteiger partial charge in [-0.2, -0.15) is 8.42 Å². The minimum absolute atomic E-state index is 0.0429. The summed E-state index contributed by atoms with van der Waals surface area (Å²) in [4.78, 5) is 4.63. The zero-order chi connectivity index (χ0) is 21.5. The van der Waals surface area contributed by atoms with Crippen molar-refractivity contribution in [1.29, 1.82) is 0 Å². The highest BCUT2D eigenvalue weighted by Gasteiger charge is 2.20. The minimum atomic E-state index is -3.52. The Morgan fingerprint density at radius 3 is 2.26 bits per heavy atom. The molecule has 0 spiro atoms. The van der Waals surface area contributed by atoms with E-state index in [-0.39, 0.29) is 12.4 Å². The fourth-order valence-corrected chi connectivity index (χ4v) is 5.04. The van der Waals surface area contributed by atoms with Crippen LogP contribution in [0.1, 0.15) is 11.1 Å². The molecule has 0 aromatic heterocycles. The van der Waals surface area contributed by atoms with Crippen molar-refractivity contribution >= 4 is 20.9 Å². The second-order valence-corrected chi connectivity index (χ2v) is 9.83. The van der Waals surface area contributed by atoms with E-state index in [4.69, 9.17) is 4.18 Å². The van der Waals surface area contributed by atoms with E-state index in [9.17, 15) is 8.42 Å². The molecule has 1 aliphatic heterocycles. The zero-order valence-electron chi connectivity index (χ0n) is 17.8. The van der Waals surface area contributed by atoms with Gasteiger partial charge in [0.15, 0.2) is 0 Å². The molecule has 0 radical (unpaired) electrons. The van der Waals surface area contributed by atoms with Crippen LogP contribution in [0.4, 0.5) is 0 Å². The molecule has 0 N–H and O–H groups in total. The molecule has 4 rings (SSSR count). The van der Waals surface area contributed by atoms with Crippen molar-refractivity contribution in [1.82, 2.24) is 9.80 Å². The largest absolute Gasteiger partial charge is 0.300 e. The number of nitrogens with zero attached hydrogens (tertiary/aromatic N) is 2. The molecule has 5 nitrogen and oxygen atoms in total. The Balaban J connectivity index is 1.19. The summed E-state index contributed by atoms with van der Waals surface area (Å²) in [6, 6.07) is 24.7. The predicted molar refractivity (Wildman–Crippen MR) is 126 cm³/mol. The van der Waals surface area contributed by atoms with E-state index >= 15 is 0 Å². The van der Waals surface area contributed by atoms with Crippen molar-refractivity contribution < 1.29 is 12.6 Å². The Kier molecular flexibility index (Phi) is 7.35. The van der Waals surface area contributed by atoms with Crippen LogP contribution in [-0.4, -0.2) is 63.3 Å². The lowest BCUT2D eigenvalue weighted by molar-refractivity contribution is 0.131. The molecule has 0 aliphatic carbocycles. The quantitative estimate of drug-likeness (QED) is 0.478. The van der Waals surface area contributed by atoms with Gasteiger partial charge in [0.1, 0.15) is 0 Å². The fraction of sp³-hybridized carbons (Fsp3) is 0.360. The lowest BCUT2D eigenvalue weighted by atomic mass is 10.0. The molecular formula is C25H30N2O3S. The molecule has 0 bridgehead atoms. The van der Waals surface area contributed by atoms with Gasteiger partial charge in [0.25, 0.3) is 10.1 Å². The van der Waals surface area contributed by atoms with Crippen LogP contribution in [0.3, 0.4) is 0 Å². The van der Waals surface area contributed by atoms with Crippen LogP contribution in [0, 0.1) is 0 Å². The van der Waals surface area contributed by atoms with Crippen molar-refractivity contribution in [3.8, 4) is 0 Å². The van der Waals surface area contributed by atoms with Crippen LogP contribution in [0.25, 0.3) is 10.8 Å². The van der Waals surface area contributed by atoms with E-state index in [0.717, 1.165) is 49.1 Å². The van der Waals surface area contributed by atoms with Crippen LogP contribution in [0.15, 0.2) is 72.8 Å². The van der Waals surface area contributed by atoms with E-state index < -0.39 is 10.1 Å². The van der Waals surface area contributed by atoms with Gasteiger partial charge >= 0.3 is 0 Å². The lowest BCUT2D eigenvalue weighted by Gasteiger charge is -2.34. The van der Waals surface area contributed by atoms with Gasteiger partial charge < -0.3 is 0 Å². The number of piperazine rings is 1. The SMILES string of the molecule is O=S(=O)(CCN1CCN(Cc2ccccc2)CC1)OCCc1cccc2ccccc12. The standard InChI is InChI=1S/C25H30N2O3S/c28-31(29,30-19-13-24-11-6-10-23-9-4-5-12-25(23)24)20-18-26-14-16-27(17-15-26)21-22-7-2-1-3-8-22/h1-12H,13-21H2. The Bertz CT molecular complexity index is 1070. The van der Waals surface area contributed by atoms with Gasteiger partial charge in [-0.3, -0.25) is 14.0 Å². The first-order valence-corrected chi connectivity index (χ1v) is 12.5. The first-order chi connectivity index (χ1) is 15.1. The van der Waals surface area contributed by atoms with E-state index in [1.54, 1.807) is 0 Å². The summed E-state index contributed by atoms with van der Waals surface area (Å²) in [7, 11) is -3.52. The number of benzene rings is 3. The molecule has 31 heavy (non-hydrogen) atoms. The molecule has 1 saturated heterocycles. The van der Waals surface area contributed by atoms with Crippen LogP contribution < -0.4 is 0 Å². The van der Waals surface area contributed by atoms with Crippen molar-refractivity contribution in [3.05, 3.63) is 83.9 Å². The molecule has 6 heteroatoms. The molecular weight excluding hydrogens is 408 g/mol. The molecule has 164 valence electrons. The van der Waals surface area contributed by atoms with Gasteiger partial charge in [0.05, 0.1) is 12.4 Å². The molecule has 0 saturated carbocycles. The summed E-state index contributed by atoms with van der Waals surface area (Å²) < 4.78 is 30.1. The molecule has 3 aromatic carbocycles. The Labute approximate surface area is 185 Å². The van der Waals surface area contributed by atoms with Gasteiger partial charge in [-0.1, -0.05) is 72.8 Å². The topological polar surface area (TPSA) is 49.9 Å². The Morgan fingerprint density at radius 2 is 1.45 bits per heavy atom. The summed E-state index contributed by atoms with van der Waals surface area (Å²) in [5.41, 5.74) is 2.43. The highest BCUT2D eigenvalue weighted by atomic mass is 32.2. The number of hydrogen-bond acceptors (Lipinski definition) is 5. The monoisotopic (exact) mass is 438 g/mol. The first kappa shape index (κ1) is 22.0. The molecule has 1 fully saturated rings. The third-order valence-electron chi connectivity index (χ3n) is 5.89. The lowest BCUT2D eigenvalue weighted by Crippen LogP contribution is -2.47. The Morgan fingerprint density at radius 1 is 0.774 bits per heavy atom. The maximum Gasteiger partial charge on any atom is 0.268 e. The van der Waals surface area contributed by atoms with Gasteiger partial charge in [-0.25, -0.2) is 0 Å². The predicted octanol–water partition coefficient (Wildman–Crippen LogP) is 3.55. The zero-order valence-corrected chi connectivity index (χ0v) is 18.6. The fourth-order valence-electron chi connectivity index (χ4n) is 4.10. The van der Waals surface area contributed by atoms with Crippen molar-refractivity contribution in [3.63, 3.8) is 0 Å². The average Bonchev–Trinajstić information content (AvgIpc) is 2.79. The van der Waals surface area contributed by atoms with Crippen LogP contribution in [0.5, 0.6) is 0 Å². The van der Waals surface area contributed by atoms with Gasteiger partial charge in [-0.15, -0.1) is 0 Å². The number of fused-ring (bicyclic) bond motifs is 1. The van der Waals surface area contributed by atoms with Gasteiger partial charge in [-0.05, 0) is 28.3 Å². The molecule has 0 unspecified atom stereocenters. The van der Waals surface area contributed by atoms with Crippen LogP contribution >= 0.6 is 0 Å². The second kappa shape index (κ2) is 10.4. The van der Waals surface area contributed by atoms with E-state index in [1.165, 1.54) is 5.56 Å². The second-order valence-electron chi connectivity index (χ2n) is 8.08. The summed E-state index contributed by atoms with van der Waals surface area (Å²) in [5.74, 6) is 0.0429. The van der Waals surface area contributed by atoms with Gasteiger partial charge in [0, 0.05) is 39.3 Å². The maximum absolute atomic E-state index is 12.4. The third kappa shape index (κ3) is 6.37. The molecule has 1 aliphatic rings. The first-order valence-electron chi connectivity index (χ1n) is 10.9. The van der Waals surface area contributed by atoms with Crippen molar-refractivity contribution in [2.75, 3.05) is 45.1 Å². The van der Waals surface area contributed by atoms with Crippen molar-refractivity contribution in [2.45, 2.75) is 13.0 Å². The van der Waals surface area contributed by atoms with Crippen molar-refractivity contribution in [2.24, 2.45) is 0 Å². The molecule has 1 heterocycles. The maximum atomic E-state index is 12.4. The molecule has 0 atom stereocenters. The summed E-state index contributed by atoms with van der Waals surface area (Å²) in [6.45, 7) is 5.34. The number of rotatable bonds is 9. The van der Waals surface area contributed by atoms with Crippen LogP contribution in [-0.2, 0) is 27.3 Å². The van der Waals surface area contributed by atoms with E-state index in [2.05, 4.69) is 52.3 Å². The Hall–Kier alpha value is -2.25. The summed E-state index contributed by atoms with van der Waals surface area (Å²) >= 11 is 0. The molecule has 3 aromatic rings. The average molecular weight is 439 g/mol. The summed E-state index contributed by atoms with van der Waals surface area (Å²) in [6.07, 6.45) is 0.582. The van der Waals surface area contributed by atoms with E-state index in [1.807, 2.05) is 30.3 Å². The highest BCUT2D eigenvalue weighted by molar-refractivity contribution is 7.86. The molecule has 0 amide bonds. The smallest absolute Gasteiger partial charge is 0.268 e. The van der Waals surface area contributed by atoms with Gasteiger partial charge in [0.2, 0.25) is 0 Å². The van der Waals surface area contributed by atoms with Crippen LogP contribution in [0.2, 0.25) is 0 Å². The third-order valence-corrected chi connectivity index (χ3v) is 7.09. The highest BCUT2D eigenvalue weighted by Crippen LogP contribution is 2.19.